The van der Waals surface area contributed by atoms with E-state index in [1.54, 1.807) is 24.4 Å². The predicted molar refractivity (Wildman–Crippen MR) is 104 cm³/mol. The van der Waals surface area contributed by atoms with Crippen LogP contribution in [0.25, 0.3) is 11.3 Å². The van der Waals surface area contributed by atoms with Crippen LogP contribution in [-0.4, -0.2) is 27.9 Å². The molecule has 1 aliphatic carbocycles. The van der Waals surface area contributed by atoms with Gasteiger partial charge in [0.05, 0.1) is 5.69 Å². The molecule has 0 atom stereocenters. The molecule has 4 rings (SSSR count). The molecule has 28 heavy (non-hydrogen) atoms. The monoisotopic (exact) mass is 381 g/mol. The molecule has 0 amide bonds. The van der Waals surface area contributed by atoms with Crippen molar-refractivity contribution in [3.63, 3.8) is 0 Å². The number of pyridine rings is 1. The molecule has 7 heteroatoms. The fraction of sp³-hybridized carbons (Fsp3) is 0.286. The molecule has 3 aromatic rings. The second-order valence-electron chi connectivity index (χ2n) is 7.16. The van der Waals surface area contributed by atoms with Crippen molar-refractivity contribution < 1.29 is 8.78 Å². The molecule has 0 unspecified atom stereocenters. The Hall–Kier alpha value is -2.93. The number of rotatable bonds is 6. The van der Waals surface area contributed by atoms with E-state index in [0.717, 1.165) is 11.3 Å². The summed E-state index contributed by atoms with van der Waals surface area (Å²) in [5.41, 5.74) is 8.26. The molecule has 3 N–H and O–H groups in total. The SMILES string of the molecule is NCc1ccc(F)cc1-c1ccc(NCC2(c3ccccn3)CC(F)C2)nn1. The van der Waals surface area contributed by atoms with Gasteiger partial charge < -0.3 is 11.1 Å². The van der Waals surface area contributed by atoms with E-state index in [1.165, 1.54) is 12.1 Å². The molecule has 0 radical (unpaired) electrons. The Bertz CT molecular complexity index is 941. The number of benzene rings is 1. The van der Waals surface area contributed by atoms with Crippen LogP contribution in [0.15, 0.2) is 54.7 Å². The van der Waals surface area contributed by atoms with Crippen molar-refractivity contribution >= 4 is 5.82 Å². The lowest BCUT2D eigenvalue weighted by Crippen LogP contribution is -2.48. The van der Waals surface area contributed by atoms with Gasteiger partial charge >= 0.3 is 0 Å². The maximum absolute atomic E-state index is 13.6. The molecule has 2 aromatic heterocycles. The minimum atomic E-state index is -0.806. The quantitative estimate of drug-likeness (QED) is 0.682. The molecule has 1 aliphatic rings. The fourth-order valence-electron chi connectivity index (χ4n) is 3.70. The van der Waals surface area contributed by atoms with Crippen LogP contribution in [0.4, 0.5) is 14.6 Å². The average molecular weight is 381 g/mol. The zero-order valence-corrected chi connectivity index (χ0v) is 15.3. The minimum absolute atomic E-state index is 0.286. The third-order valence-electron chi connectivity index (χ3n) is 5.27. The van der Waals surface area contributed by atoms with Gasteiger partial charge in [0.1, 0.15) is 17.8 Å². The number of alkyl halides is 1. The van der Waals surface area contributed by atoms with Crippen LogP contribution in [-0.2, 0) is 12.0 Å². The predicted octanol–water partition coefficient (Wildman–Crippen LogP) is 3.62. The van der Waals surface area contributed by atoms with Crippen molar-refractivity contribution in [2.75, 3.05) is 11.9 Å². The Labute approximate surface area is 162 Å². The van der Waals surface area contributed by atoms with Crippen molar-refractivity contribution in [1.82, 2.24) is 15.2 Å². The maximum Gasteiger partial charge on any atom is 0.148 e. The standard InChI is InChI=1S/C21H21F2N5/c22-15-5-4-14(12-24)17(9-15)18-6-7-20(28-27-18)26-13-21(10-16(23)11-21)19-3-1-2-8-25-19/h1-9,16H,10-13,24H2,(H,26,28). The summed E-state index contributed by atoms with van der Waals surface area (Å²) in [6, 6.07) is 13.7. The van der Waals surface area contributed by atoms with Gasteiger partial charge in [-0.3, -0.25) is 4.98 Å². The first kappa shape index (κ1) is 18.4. The summed E-state index contributed by atoms with van der Waals surface area (Å²) in [4.78, 5) is 4.41. The van der Waals surface area contributed by atoms with E-state index < -0.39 is 6.17 Å². The lowest BCUT2D eigenvalue weighted by Gasteiger charge is -2.43. The van der Waals surface area contributed by atoms with E-state index in [-0.39, 0.29) is 17.8 Å². The van der Waals surface area contributed by atoms with Gasteiger partial charge in [-0.2, -0.15) is 0 Å². The Balaban J connectivity index is 1.50. The lowest BCUT2D eigenvalue weighted by molar-refractivity contribution is 0.0996. The van der Waals surface area contributed by atoms with Crippen LogP contribution in [0.5, 0.6) is 0 Å². The number of nitrogens with zero attached hydrogens (tertiary/aromatic N) is 3. The normalized spacial score (nSPS) is 21.2. The largest absolute Gasteiger partial charge is 0.368 e. The molecule has 5 nitrogen and oxygen atoms in total. The zero-order chi connectivity index (χ0) is 19.6. The molecule has 1 fully saturated rings. The second-order valence-corrected chi connectivity index (χ2v) is 7.16. The third-order valence-corrected chi connectivity index (χ3v) is 5.27. The van der Waals surface area contributed by atoms with Crippen molar-refractivity contribution in [3.05, 3.63) is 71.8 Å². The zero-order valence-electron chi connectivity index (χ0n) is 15.3. The molecule has 0 aliphatic heterocycles. The summed E-state index contributed by atoms with van der Waals surface area (Å²) >= 11 is 0. The number of halogens is 2. The molecule has 1 aromatic carbocycles. The number of aromatic nitrogens is 3. The van der Waals surface area contributed by atoms with Crippen LogP contribution >= 0.6 is 0 Å². The molecule has 144 valence electrons. The summed E-state index contributed by atoms with van der Waals surface area (Å²) in [5.74, 6) is 0.228. The van der Waals surface area contributed by atoms with Gasteiger partial charge in [-0.25, -0.2) is 8.78 Å². The first-order valence-corrected chi connectivity index (χ1v) is 9.22. The molecular formula is C21H21F2N5. The van der Waals surface area contributed by atoms with Crippen LogP contribution in [0, 0.1) is 5.82 Å². The number of nitrogens with one attached hydrogen (secondary N) is 1. The van der Waals surface area contributed by atoms with Crippen LogP contribution in [0.1, 0.15) is 24.1 Å². The molecule has 0 bridgehead atoms. The minimum Gasteiger partial charge on any atom is -0.368 e. The maximum atomic E-state index is 13.6. The number of nitrogens with two attached hydrogens (primary N) is 1. The number of anilines is 1. The third kappa shape index (κ3) is 3.57. The van der Waals surface area contributed by atoms with E-state index >= 15 is 0 Å². The van der Waals surface area contributed by atoms with E-state index in [4.69, 9.17) is 5.73 Å². The summed E-state index contributed by atoms with van der Waals surface area (Å²) in [6.07, 6.45) is 1.79. The number of hydrogen-bond acceptors (Lipinski definition) is 5. The molecule has 0 spiro atoms. The Morgan fingerprint density at radius 1 is 1.11 bits per heavy atom. The average Bonchev–Trinajstić information content (AvgIpc) is 2.71. The Kier molecular flexibility index (Phi) is 5.00. The van der Waals surface area contributed by atoms with Crippen LogP contribution in [0.2, 0.25) is 0 Å². The van der Waals surface area contributed by atoms with Gasteiger partial charge in [-0.05, 0) is 54.8 Å². The van der Waals surface area contributed by atoms with E-state index in [0.29, 0.717) is 36.5 Å². The highest BCUT2D eigenvalue weighted by atomic mass is 19.1. The van der Waals surface area contributed by atoms with E-state index in [1.807, 2.05) is 18.2 Å². The first-order chi connectivity index (χ1) is 13.6. The first-order valence-electron chi connectivity index (χ1n) is 9.22. The summed E-state index contributed by atoms with van der Waals surface area (Å²) < 4.78 is 27.2. The summed E-state index contributed by atoms with van der Waals surface area (Å²) in [6.45, 7) is 0.806. The van der Waals surface area contributed by atoms with Crippen molar-refractivity contribution in [2.24, 2.45) is 5.73 Å². The lowest BCUT2D eigenvalue weighted by atomic mass is 9.65. The fourth-order valence-corrected chi connectivity index (χ4v) is 3.70. The van der Waals surface area contributed by atoms with Gasteiger partial charge in [-0.15, -0.1) is 10.2 Å². The smallest absolute Gasteiger partial charge is 0.148 e. The highest BCUT2D eigenvalue weighted by Gasteiger charge is 2.46. The molecule has 0 saturated heterocycles. The van der Waals surface area contributed by atoms with Crippen molar-refractivity contribution in [2.45, 2.75) is 31.0 Å². The summed E-state index contributed by atoms with van der Waals surface area (Å²) in [7, 11) is 0. The molecular weight excluding hydrogens is 360 g/mol. The number of hydrogen-bond donors (Lipinski definition) is 2. The van der Waals surface area contributed by atoms with Crippen molar-refractivity contribution in [3.8, 4) is 11.3 Å². The second kappa shape index (κ2) is 7.59. The Morgan fingerprint density at radius 3 is 2.61 bits per heavy atom. The van der Waals surface area contributed by atoms with Gasteiger partial charge in [0.15, 0.2) is 0 Å². The molecule has 2 heterocycles. The summed E-state index contributed by atoms with van der Waals surface area (Å²) in [5, 5.41) is 11.6. The van der Waals surface area contributed by atoms with E-state index in [2.05, 4.69) is 20.5 Å². The van der Waals surface area contributed by atoms with E-state index in [9.17, 15) is 8.78 Å². The van der Waals surface area contributed by atoms with Crippen molar-refractivity contribution in [1.29, 1.82) is 0 Å². The Morgan fingerprint density at radius 2 is 1.96 bits per heavy atom. The van der Waals surface area contributed by atoms with Crippen LogP contribution in [0.3, 0.4) is 0 Å². The van der Waals surface area contributed by atoms with Gasteiger partial charge in [0.2, 0.25) is 0 Å². The van der Waals surface area contributed by atoms with Gasteiger partial charge in [0, 0.05) is 36.0 Å². The molecule has 1 saturated carbocycles. The van der Waals surface area contributed by atoms with Gasteiger partial charge in [0.25, 0.3) is 0 Å². The highest BCUT2D eigenvalue weighted by Crippen LogP contribution is 2.44. The highest BCUT2D eigenvalue weighted by molar-refractivity contribution is 5.64. The topological polar surface area (TPSA) is 76.7 Å². The van der Waals surface area contributed by atoms with Crippen LogP contribution < -0.4 is 11.1 Å². The van der Waals surface area contributed by atoms with Gasteiger partial charge in [-0.1, -0.05) is 12.1 Å².